The largest absolute Gasteiger partial charge is 0.508 e. The van der Waals surface area contributed by atoms with Crippen LogP contribution in [0.3, 0.4) is 0 Å². The van der Waals surface area contributed by atoms with Crippen molar-refractivity contribution in [1.29, 1.82) is 0 Å². The highest BCUT2D eigenvalue weighted by Crippen LogP contribution is 2.32. The van der Waals surface area contributed by atoms with Gasteiger partial charge in [-0.2, -0.15) is 0 Å². The first-order valence-electron chi connectivity index (χ1n) is 10.2. The number of nitrogens with one attached hydrogen (secondary N) is 1. The number of phenolic OH excluding ortho intramolecular Hbond substituents is 1. The molecule has 0 aliphatic heterocycles. The van der Waals surface area contributed by atoms with Crippen LogP contribution in [0.25, 0.3) is 17.0 Å². The van der Waals surface area contributed by atoms with E-state index in [1.807, 2.05) is 73.8 Å². The number of amides is 1. The molecule has 0 saturated carbocycles. The molecule has 0 atom stereocenters. The van der Waals surface area contributed by atoms with Crippen molar-refractivity contribution in [2.24, 2.45) is 0 Å². The SMILES string of the molecule is CC(C)(C)OC(=O)NCc1ccccc1Sc1ccc2nnc(-c3cccc(O)c3)n2c1. The minimum absolute atomic E-state index is 0.177. The number of carbonyl (C=O) groups excluding carboxylic acids is 1. The zero-order valence-corrected chi connectivity index (χ0v) is 18.9. The van der Waals surface area contributed by atoms with Gasteiger partial charge in [-0.15, -0.1) is 10.2 Å². The molecular weight excluding hydrogens is 424 g/mol. The van der Waals surface area contributed by atoms with Crippen molar-refractivity contribution in [3.8, 4) is 17.1 Å². The molecule has 1 amide bonds. The van der Waals surface area contributed by atoms with Crippen LogP contribution in [-0.4, -0.2) is 31.4 Å². The van der Waals surface area contributed by atoms with E-state index in [0.717, 1.165) is 20.9 Å². The number of alkyl carbamates (subject to hydrolysis) is 1. The van der Waals surface area contributed by atoms with Crippen LogP contribution in [0.5, 0.6) is 5.75 Å². The van der Waals surface area contributed by atoms with Crippen LogP contribution < -0.4 is 5.32 Å². The van der Waals surface area contributed by atoms with Crippen molar-refractivity contribution in [3.05, 3.63) is 72.4 Å². The first-order valence-corrected chi connectivity index (χ1v) is 11.0. The maximum absolute atomic E-state index is 12.0. The quantitative estimate of drug-likeness (QED) is 0.432. The Kier molecular flexibility index (Phi) is 6.05. The zero-order valence-electron chi connectivity index (χ0n) is 18.1. The summed E-state index contributed by atoms with van der Waals surface area (Å²) in [5.41, 5.74) is 1.94. The average Bonchev–Trinajstić information content (AvgIpc) is 3.15. The van der Waals surface area contributed by atoms with Crippen LogP contribution in [0, 0.1) is 0 Å². The van der Waals surface area contributed by atoms with Gasteiger partial charge in [0.25, 0.3) is 0 Å². The number of nitrogens with zero attached hydrogens (tertiary/aromatic N) is 3. The highest BCUT2D eigenvalue weighted by molar-refractivity contribution is 7.99. The second-order valence-corrected chi connectivity index (χ2v) is 9.35. The van der Waals surface area contributed by atoms with E-state index in [9.17, 15) is 9.90 Å². The number of ether oxygens (including phenoxy) is 1. The van der Waals surface area contributed by atoms with Crippen molar-refractivity contribution >= 4 is 23.5 Å². The van der Waals surface area contributed by atoms with Gasteiger partial charge in [-0.1, -0.05) is 42.1 Å². The fourth-order valence-electron chi connectivity index (χ4n) is 3.13. The molecule has 0 fully saturated rings. The monoisotopic (exact) mass is 448 g/mol. The second-order valence-electron chi connectivity index (χ2n) is 8.23. The molecular formula is C24H24N4O3S. The molecule has 0 spiro atoms. The Labute approximate surface area is 190 Å². The first kappa shape index (κ1) is 21.7. The Balaban J connectivity index is 1.56. The predicted octanol–water partition coefficient (Wildman–Crippen LogP) is 5.28. The Bertz CT molecular complexity index is 1260. The number of benzene rings is 2. The Morgan fingerprint density at radius 3 is 2.69 bits per heavy atom. The molecule has 0 aliphatic carbocycles. The first-order chi connectivity index (χ1) is 15.3. The van der Waals surface area contributed by atoms with E-state index in [0.29, 0.717) is 18.0 Å². The van der Waals surface area contributed by atoms with E-state index >= 15 is 0 Å². The number of hydrogen-bond donors (Lipinski definition) is 2. The molecule has 0 bridgehead atoms. The topological polar surface area (TPSA) is 88.8 Å². The number of aromatic hydroxyl groups is 1. The van der Waals surface area contributed by atoms with Crippen LogP contribution in [0.4, 0.5) is 4.79 Å². The summed E-state index contributed by atoms with van der Waals surface area (Å²) in [5, 5.41) is 21.1. The molecule has 4 rings (SSSR count). The Morgan fingerprint density at radius 2 is 1.91 bits per heavy atom. The molecule has 2 aromatic heterocycles. The smallest absolute Gasteiger partial charge is 0.407 e. The van der Waals surface area contributed by atoms with Crippen LogP contribution in [0.15, 0.2) is 76.7 Å². The Morgan fingerprint density at radius 1 is 1.09 bits per heavy atom. The lowest BCUT2D eigenvalue weighted by atomic mass is 10.2. The van der Waals surface area contributed by atoms with E-state index in [1.54, 1.807) is 30.0 Å². The van der Waals surface area contributed by atoms with Crippen LogP contribution in [0.2, 0.25) is 0 Å². The van der Waals surface area contributed by atoms with E-state index < -0.39 is 11.7 Å². The van der Waals surface area contributed by atoms with Crippen molar-refractivity contribution in [2.75, 3.05) is 0 Å². The summed E-state index contributed by atoms with van der Waals surface area (Å²) in [6, 6.07) is 18.7. The molecule has 2 heterocycles. The highest BCUT2D eigenvalue weighted by atomic mass is 32.2. The number of hydrogen-bond acceptors (Lipinski definition) is 6. The minimum Gasteiger partial charge on any atom is -0.508 e. The molecule has 2 N–H and O–H groups in total. The second kappa shape index (κ2) is 8.92. The molecule has 8 heteroatoms. The number of fused-ring (bicyclic) bond motifs is 1. The normalized spacial score (nSPS) is 11.5. The third-order valence-electron chi connectivity index (χ3n) is 4.50. The van der Waals surface area contributed by atoms with Crippen molar-refractivity contribution in [1.82, 2.24) is 19.9 Å². The zero-order chi connectivity index (χ0) is 22.7. The van der Waals surface area contributed by atoms with E-state index in [-0.39, 0.29) is 5.75 Å². The lowest BCUT2D eigenvalue weighted by Gasteiger charge is -2.20. The van der Waals surface area contributed by atoms with Gasteiger partial charge in [0.15, 0.2) is 11.5 Å². The van der Waals surface area contributed by atoms with Gasteiger partial charge in [0.05, 0.1) is 0 Å². The maximum Gasteiger partial charge on any atom is 0.407 e. The minimum atomic E-state index is -0.542. The average molecular weight is 449 g/mol. The summed E-state index contributed by atoms with van der Waals surface area (Å²) >= 11 is 1.59. The number of rotatable bonds is 5. The predicted molar refractivity (Wildman–Crippen MR) is 124 cm³/mol. The molecule has 2 aromatic carbocycles. The van der Waals surface area contributed by atoms with Gasteiger partial charge in [-0.05, 0) is 56.7 Å². The summed E-state index contributed by atoms with van der Waals surface area (Å²) < 4.78 is 7.23. The molecule has 0 aliphatic rings. The highest BCUT2D eigenvalue weighted by Gasteiger charge is 2.16. The molecule has 0 radical (unpaired) electrons. The van der Waals surface area contributed by atoms with Gasteiger partial charge < -0.3 is 15.2 Å². The Hall–Kier alpha value is -3.52. The summed E-state index contributed by atoms with van der Waals surface area (Å²) in [6.07, 6.45) is 1.52. The summed E-state index contributed by atoms with van der Waals surface area (Å²) in [5.74, 6) is 0.828. The molecule has 0 saturated heterocycles. The fraction of sp³-hybridized carbons (Fsp3) is 0.208. The van der Waals surface area contributed by atoms with Crippen molar-refractivity contribution in [3.63, 3.8) is 0 Å². The summed E-state index contributed by atoms with van der Waals surface area (Å²) in [7, 11) is 0. The summed E-state index contributed by atoms with van der Waals surface area (Å²) in [4.78, 5) is 14.1. The molecule has 32 heavy (non-hydrogen) atoms. The summed E-state index contributed by atoms with van der Waals surface area (Å²) in [6.45, 7) is 5.87. The third-order valence-corrected chi connectivity index (χ3v) is 5.60. The van der Waals surface area contributed by atoms with E-state index in [2.05, 4.69) is 15.5 Å². The van der Waals surface area contributed by atoms with Gasteiger partial charge in [-0.25, -0.2) is 4.79 Å². The molecule has 0 unspecified atom stereocenters. The van der Waals surface area contributed by atoms with Gasteiger partial charge in [0.1, 0.15) is 11.4 Å². The lowest BCUT2D eigenvalue weighted by Crippen LogP contribution is -2.32. The van der Waals surface area contributed by atoms with Gasteiger partial charge in [-0.3, -0.25) is 4.40 Å². The third kappa shape index (κ3) is 5.20. The van der Waals surface area contributed by atoms with Crippen molar-refractivity contribution < 1.29 is 14.6 Å². The number of phenols is 1. The molecule has 164 valence electrons. The van der Waals surface area contributed by atoms with Crippen molar-refractivity contribution in [2.45, 2.75) is 42.7 Å². The number of pyridine rings is 1. The maximum atomic E-state index is 12.0. The molecule has 7 nitrogen and oxygen atoms in total. The van der Waals surface area contributed by atoms with E-state index in [4.69, 9.17) is 4.74 Å². The fourth-order valence-corrected chi connectivity index (χ4v) is 4.10. The standard InChI is InChI=1S/C24H24N4O3S/c1-24(2,3)31-23(30)25-14-17-7-4-5-10-20(17)32-19-11-12-21-26-27-22(28(21)15-19)16-8-6-9-18(29)13-16/h4-13,15,29H,14H2,1-3H3,(H,25,30). The van der Waals surface area contributed by atoms with Gasteiger partial charge in [0.2, 0.25) is 0 Å². The van der Waals surface area contributed by atoms with Crippen LogP contribution >= 0.6 is 11.8 Å². The van der Waals surface area contributed by atoms with Crippen LogP contribution in [0.1, 0.15) is 26.3 Å². The lowest BCUT2D eigenvalue weighted by molar-refractivity contribution is 0.0523. The molecule has 4 aromatic rings. The number of aromatic nitrogens is 3. The van der Waals surface area contributed by atoms with Crippen LogP contribution in [-0.2, 0) is 11.3 Å². The number of carbonyl (C=O) groups is 1. The van der Waals surface area contributed by atoms with Gasteiger partial charge in [0, 0.05) is 28.1 Å². The van der Waals surface area contributed by atoms with Gasteiger partial charge >= 0.3 is 6.09 Å². The van der Waals surface area contributed by atoms with E-state index in [1.165, 1.54) is 0 Å².